The van der Waals surface area contributed by atoms with Crippen molar-refractivity contribution in [1.82, 2.24) is 15.1 Å². The number of nitrogens with zero attached hydrogens (tertiary/aromatic N) is 2. The summed E-state index contributed by atoms with van der Waals surface area (Å²) < 4.78 is 8.76. The van der Waals surface area contributed by atoms with Gasteiger partial charge in [-0.3, -0.25) is 4.68 Å². The minimum absolute atomic E-state index is 0.633. The molecule has 17 heavy (non-hydrogen) atoms. The van der Waals surface area contributed by atoms with Gasteiger partial charge in [-0.05, 0) is 48.2 Å². The zero-order valence-electron chi connectivity index (χ0n) is 10.5. The van der Waals surface area contributed by atoms with Gasteiger partial charge < -0.3 is 10.1 Å². The second kappa shape index (κ2) is 5.98. The van der Waals surface area contributed by atoms with Crippen molar-refractivity contribution in [1.29, 1.82) is 0 Å². The van der Waals surface area contributed by atoms with E-state index in [1.807, 2.05) is 18.7 Å². The number of halogens is 1. The Hall–Kier alpha value is -0.390. The Bertz CT molecular complexity index is 372. The van der Waals surface area contributed by atoms with Crippen molar-refractivity contribution >= 4 is 15.9 Å². The van der Waals surface area contributed by atoms with Crippen LogP contribution >= 0.6 is 15.9 Å². The minimum Gasteiger partial charge on any atom is -0.375 e. The van der Waals surface area contributed by atoms with Crippen LogP contribution in [0.1, 0.15) is 24.2 Å². The van der Waals surface area contributed by atoms with E-state index in [2.05, 4.69) is 26.3 Å². The summed E-state index contributed by atoms with van der Waals surface area (Å²) in [6.07, 6.45) is 2.54. The van der Waals surface area contributed by atoms with Gasteiger partial charge in [-0.25, -0.2) is 0 Å². The highest BCUT2D eigenvalue weighted by atomic mass is 79.9. The molecule has 0 spiro atoms. The minimum atomic E-state index is 0.633. The normalized spacial score (nSPS) is 20.8. The van der Waals surface area contributed by atoms with Crippen LogP contribution in [-0.4, -0.2) is 29.5 Å². The Balaban J connectivity index is 1.81. The first kappa shape index (κ1) is 13.1. The molecule has 0 radical (unpaired) electrons. The summed E-state index contributed by atoms with van der Waals surface area (Å²) >= 11 is 3.55. The third-order valence-corrected chi connectivity index (χ3v) is 4.28. The molecule has 1 atom stereocenters. The lowest BCUT2D eigenvalue weighted by Gasteiger charge is -2.22. The number of rotatable bonds is 4. The van der Waals surface area contributed by atoms with Crippen molar-refractivity contribution in [2.45, 2.75) is 26.4 Å². The number of piperidine rings is 1. The molecule has 1 aromatic heterocycles. The molecule has 0 amide bonds. The van der Waals surface area contributed by atoms with Crippen LogP contribution in [0.2, 0.25) is 0 Å². The highest BCUT2D eigenvalue weighted by molar-refractivity contribution is 9.10. The Morgan fingerprint density at radius 3 is 3.00 bits per heavy atom. The molecule has 1 fully saturated rings. The van der Waals surface area contributed by atoms with Crippen LogP contribution in [0, 0.1) is 12.8 Å². The number of aromatic nitrogens is 2. The third-order valence-electron chi connectivity index (χ3n) is 3.25. The lowest BCUT2D eigenvalue weighted by atomic mass is 10.0. The van der Waals surface area contributed by atoms with Crippen LogP contribution < -0.4 is 5.32 Å². The Morgan fingerprint density at radius 2 is 2.41 bits per heavy atom. The van der Waals surface area contributed by atoms with E-state index in [1.165, 1.54) is 12.8 Å². The highest BCUT2D eigenvalue weighted by Crippen LogP contribution is 2.21. The summed E-state index contributed by atoms with van der Waals surface area (Å²) in [5.41, 5.74) is 2.14. The highest BCUT2D eigenvalue weighted by Gasteiger charge is 2.15. The molecule has 1 aliphatic heterocycles. The zero-order chi connectivity index (χ0) is 12.3. The van der Waals surface area contributed by atoms with Crippen LogP contribution in [0.15, 0.2) is 4.47 Å². The molecular weight excluding hydrogens is 282 g/mol. The van der Waals surface area contributed by atoms with Gasteiger partial charge in [0.15, 0.2) is 0 Å². The molecule has 0 saturated carbocycles. The van der Waals surface area contributed by atoms with E-state index in [9.17, 15) is 0 Å². The summed E-state index contributed by atoms with van der Waals surface area (Å²) in [6.45, 7) is 5.71. The Kier molecular flexibility index (Phi) is 4.59. The van der Waals surface area contributed by atoms with Gasteiger partial charge in [0.25, 0.3) is 0 Å². The first-order chi connectivity index (χ1) is 8.18. The lowest BCUT2D eigenvalue weighted by molar-refractivity contribution is 0.0742. The van der Waals surface area contributed by atoms with E-state index in [1.54, 1.807) is 0 Å². The molecule has 0 aromatic carbocycles. The molecule has 1 unspecified atom stereocenters. The predicted molar refractivity (Wildman–Crippen MR) is 70.9 cm³/mol. The van der Waals surface area contributed by atoms with Crippen molar-refractivity contribution < 1.29 is 4.74 Å². The van der Waals surface area contributed by atoms with E-state index in [0.717, 1.165) is 35.6 Å². The fourth-order valence-electron chi connectivity index (χ4n) is 2.23. The summed E-state index contributed by atoms with van der Waals surface area (Å²) in [5, 5.41) is 7.76. The molecule has 1 aliphatic rings. The SMILES string of the molecule is Cc1nn(C)c(COCC2CCCNC2)c1Br. The van der Waals surface area contributed by atoms with Crippen LogP contribution in [0.5, 0.6) is 0 Å². The molecule has 1 aromatic rings. The average Bonchev–Trinajstić information content (AvgIpc) is 2.57. The first-order valence-electron chi connectivity index (χ1n) is 6.15. The molecule has 2 rings (SSSR count). The second-order valence-corrected chi connectivity index (χ2v) is 5.49. The number of hydrogen-bond acceptors (Lipinski definition) is 3. The molecule has 0 aliphatic carbocycles. The van der Waals surface area contributed by atoms with Crippen LogP contribution in [0.4, 0.5) is 0 Å². The molecule has 4 nitrogen and oxygen atoms in total. The zero-order valence-corrected chi connectivity index (χ0v) is 12.1. The van der Waals surface area contributed by atoms with E-state index < -0.39 is 0 Å². The van der Waals surface area contributed by atoms with E-state index in [0.29, 0.717) is 12.5 Å². The van der Waals surface area contributed by atoms with Crippen molar-refractivity contribution in [2.75, 3.05) is 19.7 Å². The quantitative estimate of drug-likeness (QED) is 0.925. The smallest absolute Gasteiger partial charge is 0.0896 e. The van der Waals surface area contributed by atoms with Gasteiger partial charge >= 0.3 is 0 Å². The molecule has 5 heteroatoms. The molecule has 1 saturated heterocycles. The topological polar surface area (TPSA) is 39.1 Å². The van der Waals surface area contributed by atoms with Crippen molar-refractivity contribution in [2.24, 2.45) is 13.0 Å². The van der Waals surface area contributed by atoms with Crippen molar-refractivity contribution in [3.8, 4) is 0 Å². The largest absolute Gasteiger partial charge is 0.375 e. The molecular formula is C12H20BrN3O. The van der Waals surface area contributed by atoms with Crippen LogP contribution in [0.3, 0.4) is 0 Å². The van der Waals surface area contributed by atoms with Gasteiger partial charge in [0.1, 0.15) is 0 Å². The van der Waals surface area contributed by atoms with Crippen LogP contribution in [-0.2, 0) is 18.4 Å². The third kappa shape index (κ3) is 3.30. The lowest BCUT2D eigenvalue weighted by Crippen LogP contribution is -2.32. The number of nitrogens with one attached hydrogen (secondary N) is 1. The summed E-state index contributed by atoms with van der Waals surface area (Å²) in [7, 11) is 1.96. The molecule has 2 heterocycles. The monoisotopic (exact) mass is 301 g/mol. The van der Waals surface area contributed by atoms with E-state index in [-0.39, 0.29) is 0 Å². The van der Waals surface area contributed by atoms with E-state index >= 15 is 0 Å². The summed E-state index contributed by atoms with van der Waals surface area (Å²) in [5.74, 6) is 0.664. The van der Waals surface area contributed by atoms with Gasteiger partial charge in [-0.1, -0.05) is 0 Å². The number of aryl methyl sites for hydroxylation is 2. The fourth-order valence-corrected chi connectivity index (χ4v) is 2.68. The summed E-state index contributed by atoms with van der Waals surface area (Å²) in [6, 6.07) is 0. The van der Waals surface area contributed by atoms with Gasteiger partial charge in [-0.2, -0.15) is 5.10 Å². The maximum Gasteiger partial charge on any atom is 0.0896 e. The maximum atomic E-state index is 5.80. The van der Waals surface area contributed by atoms with Gasteiger partial charge in [0, 0.05) is 13.6 Å². The Labute approximate surface area is 111 Å². The fraction of sp³-hybridized carbons (Fsp3) is 0.750. The molecule has 0 bridgehead atoms. The summed E-state index contributed by atoms with van der Waals surface area (Å²) in [4.78, 5) is 0. The molecule has 96 valence electrons. The van der Waals surface area contributed by atoms with Gasteiger partial charge in [0.05, 0.1) is 29.1 Å². The first-order valence-corrected chi connectivity index (χ1v) is 6.94. The number of ether oxygens (including phenoxy) is 1. The standard InChI is InChI=1S/C12H20BrN3O/c1-9-12(13)11(16(2)15-9)8-17-7-10-4-3-5-14-6-10/h10,14H,3-8H2,1-2H3. The van der Waals surface area contributed by atoms with Crippen molar-refractivity contribution in [3.63, 3.8) is 0 Å². The molecule has 1 N–H and O–H groups in total. The maximum absolute atomic E-state index is 5.80. The van der Waals surface area contributed by atoms with Gasteiger partial charge in [0.2, 0.25) is 0 Å². The Morgan fingerprint density at radius 1 is 1.59 bits per heavy atom. The predicted octanol–water partition coefficient (Wildman–Crippen LogP) is 2.01. The van der Waals surface area contributed by atoms with E-state index in [4.69, 9.17) is 4.74 Å². The number of hydrogen-bond donors (Lipinski definition) is 1. The average molecular weight is 302 g/mol. The second-order valence-electron chi connectivity index (χ2n) is 4.70. The van der Waals surface area contributed by atoms with Crippen LogP contribution in [0.25, 0.3) is 0 Å². The van der Waals surface area contributed by atoms with Crippen molar-refractivity contribution in [3.05, 3.63) is 15.9 Å². The van der Waals surface area contributed by atoms with Gasteiger partial charge in [-0.15, -0.1) is 0 Å².